The molecule has 13 heteroatoms. The highest BCUT2D eigenvalue weighted by atomic mass is 19.4. The predicted molar refractivity (Wildman–Crippen MR) is 82.4 cm³/mol. The van der Waals surface area contributed by atoms with Crippen molar-refractivity contribution >= 4 is 5.91 Å². The summed E-state index contributed by atoms with van der Waals surface area (Å²) in [5, 5.41) is 31.3. The minimum absolute atomic E-state index is 0.102. The van der Waals surface area contributed by atoms with Crippen LogP contribution in [0, 0.1) is 0 Å². The van der Waals surface area contributed by atoms with Gasteiger partial charge in [0.25, 0.3) is 0 Å². The lowest BCUT2D eigenvalue weighted by Gasteiger charge is -2.42. The zero-order chi connectivity index (χ0) is 22.1. The van der Waals surface area contributed by atoms with Gasteiger partial charge in [0.05, 0.1) is 17.7 Å². The molecule has 1 aromatic rings. The number of aliphatic hydroxyl groups is 3. The first kappa shape index (κ1) is 23.2. The number of rotatable bonds is 4. The molecule has 1 fully saturated rings. The number of hydrogen-bond acceptors (Lipinski definition) is 6. The first-order valence-corrected chi connectivity index (χ1v) is 8.09. The molecule has 4 N–H and O–H groups in total. The molecule has 0 bridgehead atoms. The summed E-state index contributed by atoms with van der Waals surface area (Å²) in [6, 6.07) is -1.08. The van der Waals surface area contributed by atoms with Crippen molar-refractivity contribution in [3.8, 4) is 5.75 Å². The van der Waals surface area contributed by atoms with Gasteiger partial charge in [-0.2, -0.15) is 26.3 Å². The number of alkyl halides is 6. The minimum atomic E-state index is -5.12. The second-order valence-electron chi connectivity index (χ2n) is 6.29. The van der Waals surface area contributed by atoms with Gasteiger partial charge in [-0.1, -0.05) is 0 Å². The molecule has 1 aliphatic heterocycles. The monoisotopic (exact) mass is 433 g/mol. The van der Waals surface area contributed by atoms with Gasteiger partial charge in [-0.25, -0.2) is 0 Å². The Labute approximate surface area is 159 Å². The third kappa shape index (κ3) is 5.50. The zero-order valence-corrected chi connectivity index (χ0v) is 14.7. The summed E-state index contributed by atoms with van der Waals surface area (Å²) in [6.07, 6.45) is -17.0. The molecule has 29 heavy (non-hydrogen) atoms. The van der Waals surface area contributed by atoms with Crippen LogP contribution in [0.2, 0.25) is 0 Å². The standard InChI is InChI=1S/C16H17F6NO6/c1-6(25)23-11-13(27)12(26)10(5-24)29-14(11)28-9-3-7(15(17,18)19)2-8(4-9)16(20,21)22/h2-4,10-14,24,26-27H,5H2,1H3,(H,23,25)/t10-,11+,12-,13+,14-/m1/s1. The average Bonchev–Trinajstić information content (AvgIpc) is 2.59. The maximum Gasteiger partial charge on any atom is 0.416 e. The van der Waals surface area contributed by atoms with Crippen LogP contribution in [0.15, 0.2) is 18.2 Å². The van der Waals surface area contributed by atoms with Gasteiger partial charge in [0.15, 0.2) is 0 Å². The number of nitrogens with one attached hydrogen (secondary N) is 1. The van der Waals surface area contributed by atoms with Crippen molar-refractivity contribution in [1.82, 2.24) is 5.32 Å². The lowest BCUT2D eigenvalue weighted by molar-refractivity contribution is -0.244. The van der Waals surface area contributed by atoms with Crippen LogP contribution in [0.25, 0.3) is 0 Å². The van der Waals surface area contributed by atoms with Crippen molar-refractivity contribution < 1.29 is 55.9 Å². The molecule has 164 valence electrons. The van der Waals surface area contributed by atoms with Gasteiger partial charge in [0.2, 0.25) is 12.2 Å². The Hall–Kier alpha value is -2.09. The fourth-order valence-electron chi connectivity index (χ4n) is 2.70. The number of carbonyl (C=O) groups is 1. The Kier molecular flexibility index (Phi) is 6.67. The summed E-state index contributed by atoms with van der Waals surface area (Å²) in [4.78, 5) is 11.3. The molecule has 1 aromatic carbocycles. The van der Waals surface area contributed by atoms with Crippen LogP contribution in [0.5, 0.6) is 5.75 Å². The Balaban J connectivity index is 2.43. The highest BCUT2D eigenvalue weighted by Gasteiger charge is 2.46. The third-order valence-electron chi connectivity index (χ3n) is 4.06. The first-order chi connectivity index (χ1) is 13.2. The van der Waals surface area contributed by atoms with Crippen LogP contribution >= 0.6 is 0 Å². The fraction of sp³-hybridized carbons (Fsp3) is 0.562. The Bertz CT molecular complexity index is 707. The molecule has 5 atom stereocenters. The minimum Gasteiger partial charge on any atom is -0.463 e. The molecule has 0 radical (unpaired) electrons. The fourth-order valence-corrected chi connectivity index (χ4v) is 2.70. The maximum atomic E-state index is 13.0. The summed E-state index contributed by atoms with van der Waals surface area (Å²) in [5.74, 6) is -1.66. The second-order valence-corrected chi connectivity index (χ2v) is 6.29. The summed E-state index contributed by atoms with van der Waals surface area (Å²) in [7, 11) is 0. The predicted octanol–water partition coefficient (Wildman–Crippen LogP) is 1.05. The number of halogens is 6. The van der Waals surface area contributed by atoms with E-state index in [1.807, 2.05) is 0 Å². The summed E-state index contributed by atoms with van der Waals surface area (Å²) in [6.45, 7) is 0.168. The average molecular weight is 433 g/mol. The molecule has 2 rings (SSSR count). The topological polar surface area (TPSA) is 108 Å². The zero-order valence-electron chi connectivity index (χ0n) is 14.7. The smallest absolute Gasteiger partial charge is 0.416 e. The SMILES string of the molecule is CC(=O)N[C@@H]1[C@H](Oc2cc(C(F)(F)F)cc(C(F)(F)F)c2)O[C@H](CO)[C@@H](O)[C@H]1O. The molecule has 0 aliphatic carbocycles. The maximum absolute atomic E-state index is 13.0. The summed E-state index contributed by atoms with van der Waals surface area (Å²) in [5.41, 5.74) is -3.29. The van der Waals surface area contributed by atoms with Crippen molar-refractivity contribution in [1.29, 1.82) is 0 Å². The largest absolute Gasteiger partial charge is 0.463 e. The van der Waals surface area contributed by atoms with Crippen LogP contribution in [0.4, 0.5) is 26.3 Å². The van der Waals surface area contributed by atoms with E-state index in [0.717, 1.165) is 6.92 Å². The van der Waals surface area contributed by atoms with Gasteiger partial charge in [0.1, 0.15) is 30.1 Å². The number of benzene rings is 1. The second kappa shape index (κ2) is 8.34. The molecule has 7 nitrogen and oxygen atoms in total. The number of hydrogen-bond donors (Lipinski definition) is 4. The molecule has 0 saturated carbocycles. The number of ether oxygens (including phenoxy) is 2. The van der Waals surface area contributed by atoms with Crippen molar-refractivity contribution in [2.45, 2.75) is 49.9 Å². The molecule has 1 saturated heterocycles. The van der Waals surface area contributed by atoms with Crippen molar-refractivity contribution in [2.75, 3.05) is 6.61 Å². The van der Waals surface area contributed by atoms with Crippen LogP contribution in [-0.4, -0.2) is 58.5 Å². The van der Waals surface area contributed by atoms with Gasteiger partial charge in [0, 0.05) is 6.92 Å². The number of amides is 1. The van der Waals surface area contributed by atoms with Gasteiger partial charge in [-0.3, -0.25) is 4.79 Å². The van der Waals surface area contributed by atoms with Crippen molar-refractivity contribution in [2.24, 2.45) is 0 Å². The molecule has 1 amide bonds. The Morgan fingerprint density at radius 3 is 2.00 bits per heavy atom. The quantitative estimate of drug-likeness (QED) is 0.529. The highest BCUT2D eigenvalue weighted by molar-refractivity contribution is 5.73. The lowest BCUT2D eigenvalue weighted by Crippen LogP contribution is -2.65. The van der Waals surface area contributed by atoms with E-state index in [9.17, 15) is 46.5 Å². The summed E-state index contributed by atoms with van der Waals surface area (Å²) >= 11 is 0. The first-order valence-electron chi connectivity index (χ1n) is 8.09. The van der Waals surface area contributed by atoms with E-state index in [1.54, 1.807) is 0 Å². The van der Waals surface area contributed by atoms with E-state index < -0.39 is 72.4 Å². The van der Waals surface area contributed by atoms with Crippen LogP contribution in [0.3, 0.4) is 0 Å². The van der Waals surface area contributed by atoms with Gasteiger partial charge in [-0.05, 0) is 18.2 Å². The lowest BCUT2D eigenvalue weighted by atomic mass is 9.97. The molecular weight excluding hydrogens is 416 g/mol. The number of carbonyl (C=O) groups excluding carboxylic acids is 1. The van der Waals surface area contributed by atoms with E-state index in [0.29, 0.717) is 0 Å². The van der Waals surface area contributed by atoms with E-state index >= 15 is 0 Å². The summed E-state index contributed by atoms with van der Waals surface area (Å²) < 4.78 is 88.1. The molecule has 1 heterocycles. The third-order valence-corrected chi connectivity index (χ3v) is 4.06. The van der Waals surface area contributed by atoms with Crippen LogP contribution in [-0.2, 0) is 21.9 Å². The normalized spacial score (nSPS) is 28.1. The molecular formula is C16H17F6NO6. The van der Waals surface area contributed by atoms with E-state index in [4.69, 9.17) is 9.47 Å². The Morgan fingerprint density at radius 2 is 1.59 bits per heavy atom. The van der Waals surface area contributed by atoms with Gasteiger partial charge >= 0.3 is 12.4 Å². The molecule has 0 spiro atoms. The number of aliphatic hydroxyl groups excluding tert-OH is 3. The van der Waals surface area contributed by atoms with E-state index in [-0.39, 0.29) is 18.2 Å². The van der Waals surface area contributed by atoms with Crippen LogP contribution in [0.1, 0.15) is 18.1 Å². The van der Waals surface area contributed by atoms with Crippen molar-refractivity contribution in [3.05, 3.63) is 29.3 Å². The van der Waals surface area contributed by atoms with Gasteiger partial charge < -0.3 is 30.1 Å². The molecule has 1 aliphatic rings. The molecule has 0 aromatic heterocycles. The van der Waals surface area contributed by atoms with E-state index in [2.05, 4.69) is 5.32 Å². The molecule has 0 unspecified atom stereocenters. The van der Waals surface area contributed by atoms with Crippen molar-refractivity contribution in [3.63, 3.8) is 0 Å². The van der Waals surface area contributed by atoms with Gasteiger partial charge in [-0.15, -0.1) is 0 Å². The van der Waals surface area contributed by atoms with E-state index in [1.165, 1.54) is 0 Å². The highest BCUT2D eigenvalue weighted by Crippen LogP contribution is 2.39. The Morgan fingerprint density at radius 1 is 1.07 bits per heavy atom. The van der Waals surface area contributed by atoms with Crippen LogP contribution < -0.4 is 10.1 Å².